The monoisotopic (exact) mass is 478 g/mol. The van der Waals surface area contributed by atoms with Gasteiger partial charge >= 0.3 is 0 Å². The van der Waals surface area contributed by atoms with E-state index in [1.807, 2.05) is 26.0 Å². The Morgan fingerprint density at radius 3 is 2.35 bits per heavy atom. The lowest BCUT2D eigenvalue weighted by Gasteiger charge is -2.24. The second kappa shape index (κ2) is 13.2. The van der Waals surface area contributed by atoms with Crippen molar-refractivity contribution in [2.45, 2.75) is 32.4 Å². The van der Waals surface area contributed by atoms with Crippen molar-refractivity contribution < 1.29 is 9.47 Å². The van der Waals surface area contributed by atoms with E-state index in [0.29, 0.717) is 13.1 Å². The summed E-state index contributed by atoms with van der Waals surface area (Å²) in [5.74, 6) is 1.67. The molecule has 1 rings (SSSR count). The highest BCUT2D eigenvalue weighted by Gasteiger charge is 2.16. The Hall–Kier alpha value is -1.06. The van der Waals surface area contributed by atoms with Gasteiger partial charge in [-0.2, -0.15) is 0 Å². The second-order valence-corrected chi connectivity index (χ2v) is 6.89. The molecule has 0 unspecified atom stereocenters. The molecule has 0 heterocycles. The SMILES string of the molecule is CN=C(NCc1ccc(OCCCN(C)C)cc1)NCC(C)(C)OC.I. The predicted octanol–water partition coefficient (Wildman–Crippen LogP) is 2.73. The summed E-state index contributed by atoms with van der Waals surface area (Å²) in [6, 6.07) is 8.16. The number of aliphatic imine (C=N–C) groups is 1. The van der Waals surface area contributed by atoms with Crippen molar-refractivity contribution in [2.24, 2.45) is 4.99 Å². The van der Waals surface area contributed by atoms with E-state index in [-0.39, 0.29) is 29.6 Å². The number of methoxy groups -OCH3 is 1. The molecule has 1 aromatic carbocycles. The van der Waals surface area contributed by atoms with E-state index in [9.17, 15) is 0 Å². The fourth-order valence-electron chi connectivity index (χ4n) is 2.05. The largest absolute Gasteiger partial charge is 0.494 e. The molecule has 0 aliphatic heterocycles. The molecule has 2 N–H and O–H groups in total. The van der Waals surface area contributed by atoms with Crippen LogP contribution in [-0.2, 0) is 11.3 Å². The van der Waals surface area contributed by atoms with Gasteiger partial charge in [0.15, 0.2) is 5.96 Å². The van der Waals surface area contributed by atoms with Crippen LogP contribution in [0.2, 0.25) is 0 Å². The molecule has 7 heteroatoms. The second-order valence-electron chi connectivity index (χ2n) is 6.89. The minimum absolute atomic E-state index is 0. The van der Waals surface area contributed by atoms with Gasteiger partial charge in [0.25, 0.3) is 0 Å². The number of guanidine groups is 1. The molecule has 0 atom stereocenters. The smallest absolute Gasteiger partial charge is 0.191 e. The van der Waals surface area contributed by atoms with Crippen LogP contribution in [0.3, 0.4) is 0 Å². The van der Waals surface area contributed by atoms with E-state index < -0.39 is 0 Å². The van der Waals surface area contributed by atoms with Gasteiger partial charge in [-0.1, -0.05) is 12.1 Å². The van der Waals surface area contributed by atoms with Crippen molar-refractivity contribution >= 4 is 29.9 Å². The van der Waals surface area contributed by atoms with E-state index in [1.165, 1.54) is 5.56 Å². The normalized spacial score (nSPS) is 11.9. The molecule has 26 heavy (non-hydrogen) atoms. The zero-order chi connectivity index (χ0) is 18.7. The van der Waals surface area contributed by atoms with Gasteiger partial charge in [0.1, 0.15) is 5.75 Å². The lowest BCUT2D eigenvalue weighted by molar-refractivity contribution is 0.0268. The predicted molar refractivity (Wildman–Crippen MR) is 120 cm³/mol. The van der Waals surface area contributed by atoms with E-state index in [4.69, 9.17) is 9.47 Å². The number of nitrogens with zero attached hydrogens (tertiary/aromatic N) is 2. The van der Waals surface area contributed by atoms with Crippen LogP contribution in [0.5, 0.6) is 5.75 Å². The Labute approximate surface area is 175 Å². The minimum atomic E-state index is -0.233. The van der Waals surface area contributed by atoms with Crippen LogP contribution < -0.4 is 15.4 Å². The number of ether oxygens (including phenoxy) is 2. The first-order valence-electron chi connectivity index (χ1n) is 8.72. The zero-order valence-electron chi connectivity index (χ0n) is 17.0. The molecule has 0 aliphatic carbocycles. The summed E-state index contributed by atoms with van der Waals surface area (Å²) >= 11 is 0. The highest BCUT2D eigenvalue weighted by molar-refractivity contribution is 14.0. The van der Waals surface area contributed by atoms with Gasteiger partial charge in [0.2, 0.25) is 0 Å². The summed E-state index contributed by atoms with van der Waals surface area (Å²) < 4.78 is 11.1. The number of halogens is 1. The summed E-state index contributed by atoms with van der Waals surface area (Å²) in [4.78, 5) is 6.39. The molecule has 0 fully saturated rings. The molecule has 1 aromatic rings. The first-order valence-corrected chi connectivity index (χ1v) is 8.72. The lowest BCUT2D eigenvalue weighted by Crippen LogP contribution is -2.45. The van der Waals surface area contributed by atoms with Gasteiger partial charge in [-0.25, -0.2) is 0 Å². The van der Waals surface area contributed by atoms with Gasteiger partial charge < -0.3 is 25.0 Å². The molecular formula is C19H35IN4O2. The van der Waals surface area contributed by atoms with Crippen LogP contribution in [0.1, 0.15) is 25.8 Å². The number of nitrogens with one attached hydrogen (secondary N) is 2. The molecule has 0 amide bonds. The molecule has 0 aromatic heterocycles. The van der Waals surface area contributed by atoms with E-state index in [1.54, 1.807) is 14.2 Å². The first kappa shape index (κ1) is 24.9. The molecule has 6 nitrogen and oxygen atoms in total. The van der Waals surface area contributed by atoms with E-state index in [0.717, 1.165) is 31.3 Å². The van der Waals surface area contributed by atoms with Crippen LogP contribution in [0.4, 0.5) is 0 Å². The molecule has 0 aliphatic rings. The maximum Gasteiger partial charge on any atom is 0.191 e. The van der Waals surface area contributed by atoms with Crippen molar-refractivity contribution in [3.8, 4) is 5.75 Å². The third kappa shape index (κ3) is 10.8. The molecule has 0 radical (unpaired) electrons. The van der Waals surface area contributed by atoms with Gasteiger partial charge in [-0.05, 0) is 52.1 Å². The average Bonchev–Trinajstić information content (AvgIpc) is 2.60. The summed E-state index contributed by atoms with van der Waals surface area (Å²) in [6.45, 7) is 7.22. The summed E-state index contributed by atoms with van der Waals surface area (Å²) in [7, 11) is 7.61. The average molecular weight is 478 g/mol. The first-order chi connectivity index (χ1) is 11.9. The van der Waals surface area contributed by atoms with Crippen LogP contribution >= 0.6 is 24.0 Å². The van der Waals surface area contributed by atoms with Gasteiger partial charge in [0.05, 0.1) is 12.2 Å². The molecular weight excluding hydrogens is 443 g/mol. The Morgan fingerprint density at radius 2 is 1.81 bits per heavy atom. The minimum Gasteiger partial charge on any atom is -0.494 e. The van der Waals surface area contributed by atoms with Crippen LogP contribution in [0.15, 0.2) is 29.3 Å². The van der Waals surface area contributed by atoms with Crippen LogP contribution in [-0.4, -0.2) is 64.4 Å². The van der Waals surface area contributed by atoms with E-state index >= 15 is 0 Å². The van der Waals surface area contributed by atoms with Gasteiger partial charge in [0, 0.05) is 33.8 Å². The fraction of sp³-hybridized carbons (Fsp3) is 0.632. The van der Waals surface area contributed by atoms with Crippen molar-refractivity contribution in [1.82, 2.24) is 15.5 Å². The van der Waals surface area contributed by atoms with Gasteiger partial charge in [-0.15, -0.1) is 24.0 Å². The molecule has 0 saturated heterocycles. The fourth-order valence-corrected chi connectivity index (χ4v) is 2.05. The summed E-state index contributed by atoms with van der Waals surface area (Å²) in [5, 5.41) is 6.57. The number of benzene rings is 1. The summed E-state index contributed by atoms with van der Waals surface area (Å²) in [6.07, 6.45) is 1.02. The third-order valence-corrected chi connectivity index (χ3v) is 3.86. The lowest BCUT2D eigenvalue weighted by atomic mass is 10.1. The van der Waals surface area contributed by atoms with E-state index in [2.05, 4.69) is 46.8 Å². The van der Waals surface area contributed by atoms with Crippen molar-refractivity contribution in [1.29, 1.82) is 0 Å². The quantitative estimate of drug-likeness (QED) is 0.235. The zero-order valence-corrected chi connectivity index (χ0v) is 19.3. The number of hydrogen-bond acceptors (Lipinski definition) is 4. The van der Waals surface area contributed by atoms with Crippen molar-refractivity contribution in [3.05, 3.63) is 29.8 Å². The third-order valence-electron chi connectivity index (χ3n) is 3.86. The van der Waals surface area contributed by atoms with Gasteiger partial charge in [-0.3, -0.25) is 4.99 Å². The highest BCUT2D eigenvalue weighted by Crippen LogP contribution is 2.12. The molecule has 0 saturated carbocycles. The number of rotatable bonds is 10. The van der Waals surface area contributed by atoms with Crippen LogP contribution in [0.25, 0.3) is 0 Å². The van der Waals surface area contributed by atoms with Crippen molar-refractivity contribution in [2.75, 3.05) is 47.9 Å². The Morgan fingerprint density at radius 1 is 1.15 bits per heavy atom. The maximum absolute atomic E-state index is 5.75. The standard InChI is InChI=1S/C19H34N4O2.HI/c1-19(2,24-6)15-22-18(20-3)21-14-16-8-10-17(11-9-16)25-13-7-12-23(4)5;/h8-11H,7,12-15H2,1-6H3,(H2,20,21,22);1H. The van der Waals surface area contributed by atoms with Crippen molar-refractivity contribution in [3.63, 3.8) is 0 Å². The Bertz CT molecular complexity index is 519. The topological polar surface area (TPSA) is 58.1 Å². The summed E-state index contributed by atoms with van der Waals surface area (Å²) in [5.41, 5.74) is 0.943. The Kier molecular flexibility index (Phi) is 12.6. The molecule has 0 spiro atoms. The molecule has 0 bridgehead atoms. The number of hydrogen-bond donors (Lipinski definition) is 2. The maximum atomic E-state index is 5.75. The highest BCUT2D eigenvalue weighted by atomic mass is 127. The Balaban J connectivity index is 0.00000625. The van der Waals surface area contributed by atoms with Crippen LogP contribution in [0, 0.1) is 0 Å². The molecule has 150 valence electrons.